The van der Waals surface area contributed by atoms with Gasteiger partial charge in [0.25, 0.3) is 0 Å². The van der Waals surface area contributed by atoms with Gasteiger partial charge in [0.2, 0.25) is 0 Å². The topological polar surface area (TPSA) is 50.2 Å². The lowest BCUT2D eigenvalue weighted by atomic mass is 10.1. The van der Waals surface area contributed by atoms with Crippen LogP contribution in [0.15, 0.2) is 54.9 Å². The molecule has 0 aliphatic carbocycles. The van der Waals surface area contributed by atoms with Crippen LogP contribution in [-0.4, -0.2) is 34.1 Å². The summed E-state index contributed by atoms with van der Waals surface area (Å²) in [6.45, 7) is 1.45. The Morgan fingerprint density at radius 3 is 2.57 bits per heavy atom. The number of hydrogen-bond acceptors (Lipinski definition) is 2. The number of amides is 2. The standard InChI is InChI=1S/C20H21F3N4O/c1-26(13-15-7-9-16(10-8-15)20(21,22)23)19(28)24-11-4-12-27-14-25-17-5-2-3-6-18(17)27/h2-3,5-10,14H,4,11-13H2,1H3,(H,24,28). The average molecular weight is 390 g/mol. The molecule has 3 aromatic rings. The van der Waals surface area contributed by atoms with E-state index in [1.54, 1.807) is 13.4 Å². The van der Waals surface area contributed by atoms with Crippen LogP contribution in [0.3, 0.4) is 0 Å². The van der Waals surface area contributed by atoms with E-state index in [9.17, 15) is 18.0 Å². The maximum atomic E-state index is 12.6. The van der Waals surface area contributed by atoms with Crippen molar-refractivity contribution in [2.75, 3.05) is 13.6 Å². The van der Waals surface area contributed by atoms with Gasteiger partial charge >= 0.3 is 12.2 Å². The molecule has 8 heteroatoms. The van der Waals surface area contributed by atoms with Crippen LogP contribution in [0, 0.1) is 0 Å². The molecule has 1 aromatic heterocycles. The van der Waals surface area contributed by atoms with Crippen molar-refractivity contribution in [3.63, 3.8) is 0 Å². The number of nitrogens with one attached hydrogen (secondary N) is 1. The summed E-state index contributed by atoms with van der Waals surface area (Å²) >= 11 is 0. The van der Waals surface area contributed by atoms with Crippen molar-refractivity contribution in [3.05, 3.63) is 66.0 Å². The predicted octanol–water partition coefficient (Wildman–Crippen LogP) is 4.29. The quantitative estimate of drug-likeness (QED) is 0.639. The Morgan fingerprint density at radius 2 is 1.86 bits per heavy atom. The second kappa shape index (κ2) is 8.33. The van der Waals surface area contributed by atoms with Crippen molar-refractivity contribution in [3.8, 4) is 0 Å². The van der Waals surface area contributed by atoms with Gasteiger partial charge in [0.05, 0.1) is 22.9 Å². The highest BCUT2D eigenvalue weighted by Crippen LogP contribution is 2.29. The van der Waals surface area contributed by atoms with E-state index >= 15 is 0 Å². The van der Waals surface area contributed by atoms with Crippen LogP contribution >= 0.6 is 0 Å². The summed E-state index contributed by atoms with van der Waals surface area (Å²) in [6.07, 6.45) is -1.84. The third-order valence-electron chi connectivity index (χ3n) is 4.43. The highest BCUT2D eigenvalue weighted by molar-refractivity contribution is 5.75. The van der Waals surface area contributed by atoms with Crippen molar-refractivity contribution in [1.82, 2.24) is 19.8 Å². The second-order valence-corrected chi connectivity index (χ2v) is 6.56. The number of urea groups is 1. The SMILES string of the molecule is CN(Cc1ccc(C(F)(F)F)cc1)C(=O)NCCCn1cnc2ccccc21. The van der Waals surface area contributed by atoms with Gasteiger partial charge in [0.1, 0.15) is 0 Å². The van der Waals surface area contributed by atoms with Gasteiger partial charge in [-0.25, -0.2) is 9.78 Å². The molecule has 1 heterocycles. The van der Waals surface area contributed by atoms with E-state index in [1.807, 2.05) is 28.8 Å². The number of benzene rings is 2. The average Bonchev–Trinajstić information content (AvgIpc) is 3.08. The molecule has 2 aromatic carbocycles. The van der Waals surface area contributed by atoms with Gasteiger partial charge in [-0.05, 0) is 36.2 Å². The molecule has 0 saturated heterocycles. The Hall–Kier alpha value is -3.03. The van der Waals surface area contributed by atoms with Crippen molar-refractivity contribution in [2.24, 2.45) is 0 Å². The van der Waals surface area contributed by atoms with Crippen LogP contribution in [0.1, 0.15) is 17.5 Å². The molecular formula is C20H21F3N4O. The Bertz CT molecular complexity index is 935. The van der Waals surface area contributed by atoms with E-state index in [4.69, 9.17) is 0 Å². The number of aryl methyl sites for hydroxylation is 1. The number of imidazole rings is 1. The summed E-state index contributed by atoms with van der Waals surface area (Å²) in [5, 5.41) is 2.82. The maximum Gasteiger partial charge on any atom is 0.416 e. The Kier molecular flexibility index (Phi) is 5.87. The third-order valence-corrected chi connectivity index (χ3v) is 4.43. The largest absolute Gasteiger partial charge is 0.416 e. The van der Waals surface area contributed by atoms with E-state index in [1.165, 1.54) is 17.0 Å². The van der Waals surface area contributed by atoms with Crippen molar-refractivity contribution >= 4 is 17.1 Å². The lowest BCUT2D eigenvalue weighted by Gasteiger charge is -2.18. The molecule has 28 heavy (non-hydrogen) atoms. The first-order valence-corrected chi connectivity index (χ1v) is 8.89. The first kappa shape index (κ1) is 19.7. The molecular weight excluding hydrogens is 369 g/mol. The molecule has 0 aliphatic rings. The predicted molar refractivity (Wildman–Crippen MR) is 101 cm³/mol. The summed E-state index contributed by atoms with van der Waals surface area (Å²) in [7, 11) is 1.61. The number of halogens is 3. The first-order chi connectivity index (χ1) is 13.3. The van der Waals surface area contributed by atoms with E-state index in [-0.39, 0.29) is 12.6 Å². The van der Waals surface area contributed by atoms with Crippen molar-refractivity contribution in [1.29, 1.82) is 0 Å². The molecule has 0 radical (unpaired) electrons. The molecule has 3 rings (SSSR count). The van der Waals surface area contributed by atoms with E-state index in [2.05, 4.69) is 10.3 Å². The molecule has 148 valence electrons. The van der Waals surface area contributed by atoms with E-state index < -0.39 is 11.7 Å². The minimum atomic E-state index is -4.36. The van der Waals surface area contributed by atoms with Gasteiger partial charge in [-0.1, -0.05) is 24.3 Å². The third kappa shape index (κ3) is 4.82. The number of rotatable bonds is 6. The minimum absolute atomic E-state index is 0.232. The van der Waals surface area contributed by atoms with Gasteiger partial charge in [0, 0.05) is 26.7 Å². The Morgan fingerprint density at radius 1 is 1.14 bits per heavy atom. The molecule has 0 aliphatic heterocycles. The zero-order chi connectivity index (χ0) is 20.1. The zero-order valence-corrected chi connectivity index (χ0v) is 15.4. The number of para-hydroxylation sites is 2. The number of aromatic nitrogens is 2. The molecule has 2 amide bonds. The highest BCUT2D eigenvalue weighted by Gasteiger charge is 2.29. The molecule has 0 fully saturated rings. The van der Waals surface area contributed by atoms with Gasteiger partial charge in [0.15, 0.2) is 0 Å². The molecule has 0 saturated carbocycles. The fourth-order valence-corrected chi connectivity index (χ4v) is 2.91. The number of alkyl halides is 3. The lowest BCUT2D eigenvalue weighted by Crippen LogP contribution is -2.37. The Balaban J connectivity index is 1.44. The minimum Gasteiger partial charge on any atom is -0.338 e. The number of carbonyl (C=O) groups excluding carboxylic acids is 1. The fourth-order valence-electron chi connectivity index (χ4n) is 2.91. The summed E-state index contributed by atoms with van der Waals surface area (Å²) in [4.78, 5) is 17.9. The van der Waals surface area contributed by atoms with Gasteiger partial charge in [-0.2, -0.15) is 13.2 Å². The van der Waals surface area contributed by atoms with Gasteiger partial charge in [-0.15, -0.1) is 0 Å². The summed E-state index contributed by atoms with van der Waals surface area (Å²) in [6, 6.07) is 12.4. The molecule has 0 unspecified atom stereocenters. The van der Waals surface area contributed by atoms with Crippen LogP contribution in [0.25, 0.3) is 11.0 Å². The maximum absolute atomic E-state index is 12.6. The fraction of sp³-hybridized carbons (Fsp3) is 0.300. The number of hydrogen-bond donors (Lipinski definition) is 1. The van der Waals surface area contributed by atoms with Crippen LogP contribution in [-0.2, 0) is 19.3 Å². The Labute approximate surface area is 160 Å². The number of carbonyl (C=O) groups is 1. The van der Waals surface area contributed by atoms with Crippen LogP contribution in [0.4, 0.5) is 18.0 Å². The van der Waals surface area contributed by atoms with Gasteiger partial charge in [-0.3, -0.25) is 0 Å². The number of nitrogens with zero attached hydrogens (tertiary/aromatic N) is 3. The number of fused-ring (bicyclic) bond motifs is 1. The van der Waals surface area contributed by atoms with Crippen molar-refractivity contribution < 1.29 is 18.0 Å². The lowest BCUT2D eigenvalue weighted by molar-refractivity contribution is -0.137. The van der Waals surface area contributed by atoms with Crippen LogP contribution in [0.5, 0.6) is 0 Å². The summed E-state index contributed by atoms with van der Waals surface area (Å²) in [5.74, 6) is 0. The summed E-state index contributed by atoms with van der Waals surface area (Å²) < 4.78 is 39.8. The van der Waals surface area contributed by atoms with E-state index in [0.717, 1.165) is 36.1 Å². The monoisotopic (exact) mass is 390 g/mol. The van der Waals surface area contributed by atoms with Crippen LogP contribution < -0.4 is 5.32 Å². The van der Waals surface area contributed by atoms with E-state index in [0.29, 0.717) is 12.1 Å². The normalized spacial score (nSPS) is 11.6. The second-order valence-electron chi connectivity index (χ2n) is 6.56. The molecule has 0 bridgehead atoms. The van der Waals surface area contributed by atoms with Crippen LogP contribution in [0.2, 0.25) is 0 Å². The van der Waals surface area contributed by atoms with Gasteiger partial charge < -0.3 is 14.8 Å². The highest BCUT2D eigenvalue weighted by atomic mass is 19.4. The first-order valence-electron chi connectivity index (χ1n) is 8.89. The molecule has 0 spiro atoms. The molecule has 0 atom stereocenters. The smallest absolute Gasteiger partial charge is 0.338 e. The molecule has 5 nitrogen and oxygen atoms in total. The molecule has 1 N–H and O–H groups in total. The zero-order valence-electron chi connectivity index (χ0n) is 15.4. The summed E-state index contributed by atoms with van der Waals surface area (Å²) in [5.41, 5.74) is 1.92. The van der Waals surface area contributed by atoms with Crippen molar-refractivity contribution in [2.45, 2.75) is 25.7 Å².